The number of benzene rings is 2. The molecule has 0 bridgehead atoms. The van der Waals surface area contributed by atoms with Gasteiger partial charge in [0.15, 0.2) is 0 Å². The zero-order chi connectivity index (χ0) is 21.6. The van der Waals surface area contributed by atoms with Gasteiger partial charge in [0.2, 0.25) is 11.8 Å². The normalized spacial score (nSPS) is 19.5. The van der Waals surface area contributed by atoms with Crippen LogP contribution in [0.5, 0.6) is 0 Å². The highest BCUT2D eigenvalue weighted by Crippen LogP contribution is 2.28. The number of piperazine rings is 1. The SMILES string of the molecule is CNC(=O)C1CN(Cc2ccccc2)CCN1CC(=O)Nc1cccc2c1CCCC2. The van der Waals surface area contributed by atoms with Crippen molar-refractivity contribution in [1.82, 2.24) is 15.1 Å². The summed E-state index contributed by atoms with van der Waals surface area (Å²) in [7, 11) is 1.66. The summed E-state index contributed by atoms with van der Waals surface area (Å²) < 4.78 is 0. The molecule has 6 nitrogen and oxygen atoms in total. The molecule has 31 heavy (non-hydrogen) atoms. The third-order valence-electron chi connectivity index (χ3n) is 6.39. The number of carbonyl (C=O) groups excluding carboxylic acids is 2. The van der Waals surface area contributed by atoms with Gasteiger partial charge in [0.1, 0.15) is 6.04 Å². The van der Waals surface area contributed by atoms with E-state index in [0.717, 1.165) is 31.6 Å². The first-order valence-electron chi connectivity index (χ1n) is 11.3. The van der Waals surface area contributed by atoms with E-state index in [1.807, 2.05) is 35.2 Å². The molecule has 0 spiro atoms. The maximum atomic E-state index is 12.9. The summed E-state index contributed by atoms with van der Waals surface area (Å²) in [6.07, 6.45) is 4.49. The van der Waals surface area contributed by atoms with E-state index in [1.165, 1.54) is 29.5 Å². The molecule has 0 saturated carbocycles. The third-order valence-corrected chi connectivity index (χ3v) is 6.39. The summed E-state index contributed by atoms with van der Waals surface area (Å²) in [6.45, 7) is 3.16. The Bertz CT molecular complexity index is 915. The maximum Gasteiger partial charge on any atom is 0.238 e. The molecule has 2 aromatic carbocycles. The zero-order valence-corrected chi connectivity index (χ0v) is 18.3. The second-order valence-electron chi connectivity index (χ2n) is 8.52. The first-order chi connectivity index (χ1) is 15.1. The minimum Gasteiger partial charge on any atom is -0.358 e. The topological polar surface area (TPSA) is 64.7 Å². The molecule has 1 aliphatic carbocycles. The molecule has 1 unspecified atom stereocenters. The number of aryl methyl sites for hydroxylation is 1. The van der Waals surface area contributed by atoms with Crippen molar-refractivity contribution in [3.63, 3.8) is 0 Å². The first kappa shape index (κ1) is 21.5. The summed E-state index contributed by atoms with van der Waals surface area (Å²) in [5, 5.41) is 5.89. The van der Waals surface area contributed by atoms with Crippen molar-refractivity contribution in [3.8, 4) is 0 Å². The van der Waals surface area contributed by atoms with Crippen LogP contribution in [0.2, 0.25) is 0 Å². The van der Waals surface area contributed by atoms with Crippen LogP contribution in [0.1, 0.15) is 29.5 Å². The summed E-state index contributed by atoms with van der Waals surface area (Å²) in [5.74, 6) is -0.0907. The fraction of sp³-hybridized carbons (Fsp3) is 0.440. The molecule has 1 heterocycles. The number of nitrogens with one attached hydrogen (secondary N) is 2. The van der Waals surface area contributed by atoms with Gasteiger partial charge < -0.3 is 10.6 Å². The lowest BCUT2D eigenvalue weighted by Crippen LogP contribution is -2.59. The monoisotopic (exact) mass is 420 g/mol. The highest BCUT2D eigenvalue weighted by Gasteiger charge is 2.33. The number of amides is 2. The molecule has 164 valence electrons. The Morgan fingerprint density at radius 2 is 1.81 bits per heavy atom. The van der Waals surface area contributed by atoms with Gasteiger partial charge in [-0.05, 0) is 48.4 Å². The number of rotatable bonds is 6. The van der Waals surface area contributed by atoms with E-state index < -0.39 is 0 Å². The number of hydrogen-bond donors (Lipinski definition) is 2. The Hall–Kier alpha value is -2.70. The molecule has 2 aliphatic rings. The molecule has 1 fully saturated rings. The minimum atomic E-state index is -0.335. The van der Waals surface area contributed by atoms with E-state index in [2.05, 4.69) is 33.7 Å². The molecule has 1 atom stereocenters. The second-order valence-corrected chi connectivity index (χ2v) is 8.52. The van der Waals surface area contributed by atoms with Crippen LogP contribution in [0.15, 0.2) is 48.5 Å². The Labute approximate surface area is 184 Å². The number of likely N-dealkylation sites (N-methyl/N-ethyl adjacent to an activating group) is 1. The van der Waals surface area contributed by atoms with Crippen LogP contribution in [0.25, 0.3) is 0 Å². The molecule has 4 rings (SSSR count). The van der Waals surface area contributed by atoms with Gasteiger partial charge in [-0.15, -0.1) is 0 Å². The summed E-state index contributed by atoms with van der Waals surface area (Å²) in [5.41, 5.74) is 4.79. The van der Waals surface area contributed by atoms with Crippen molar-refractivity contribution in [2.75, 3.05) is 38.5 Å². The van der Waals surface area contributed by atoms with E-state index in [0.29, 0.717) is 13.1 Å². The third kappa shape index (κ3) is 5.32. The van der Waals surface area contributed by atoms with Crippen LogP contribution in [-0.2, 0) is 29.0 Å². The molecule has 2 amide bonds. The number of fused-ring (bicyclic) bond motifs is 1. The van der Waals surface area contributed by atoms with Crippen molar-refractivity contribution in [2.24, 2.45) is 0 Å². The lowest BCUT2D eigenvalue weighted by Gasteiger charge is -2.40. The number of nitrogens with zero attached hydrogens (tertiary/aromatic N) is 2. The average molecular weight is 421 g/mol. The fourth-order valence-electron chi connectivity index (χ4n) is 4.74. The molecular weight excluding hydrogens is 388 g/mol. The summed E-state index contributed by atoms with van der Waals surface area (Å²) in [6, 6.07) is 16.1. The molecule has 0 aromatic heterocycles. The van der Waals surface area contributed by atoms with Crippen molar-refractivity contribution in [1.29, 1.82) is 0 Å². The Kier molecular flexibility index (Phi) is 6.99. The van der Waals surface area contributed by atoms with Crippen LogP contribution in [-0.4, -0.2) is 60.9 Å². The van der Waals surface area contributed by atoms with Gasteiger partial charge in [-0.25, -0.2) is 0 Å². The Balaban J connectivity index is 1.40. The largest absolute Gasteiger partial charge is 0.358 e. The maximum absolute atomic E-state index is 12.9. The van der Waals surface area contributed by atoms with E-state index in [-0.39, 0.29) is 24.4 Å². The molecule has 1 aliphatic heterocycles. The van der Waals surface area contributed by atoms with Crippen molar-refractivity contribution in [3.05, 3.63) is 65.2 Å². The Morgan fingerprint density at radius 3 is 2.61 bits per heavy atom. The van der Waals surface area contributed by atoms with Gasteiger partial charge in [0, 0.05) is 38.9 Å². The molecule has 1 saturated heterocycles. The van der Waals surface area contributed by atoms with Crippen LogP contribution in [0.3, 0.4) is 0 Å². The lowest BCUT2D eigenvalue weighted by molar-refractivity contribution is -0.130. The number of carbonyl (C=O) groups is 2. The molecule has 2 aromatic rings. The van der Waals surface area contributed by atoms with Gasteiger partial charge in [-0.2, -0.15) is 0 Å². The highest BCUT2D eigenvalue weighted by atomic mass is 16.2. The van der Waals surface area contributed by atoms with Crippen LogP contribution < -0.4 is 10.6 Å². The van der Waals surface area contributed by atoms with Crippen LogP contribution >= 0.6 is 0 Å². The first-order valence-corrected chi connectivity index (χ1v) is 11.3. The predicted molar refractivity (Wildman–Crippen MR) is 123 cm³/mol. The summed E-state index contributed by atoms with van der Waals surface area (Å²) >= 11 is 0. The van der Waals surface area contributed by atoms with Crippen molar-refractivity contribution in [2.45, 2.75) is 38.3 Å². The second kappa shape index (κ2) is 10.1. The molecule has 6 heteroatoms. The van der Waals surface area contributed by atoms with Gasteiger partial charge in [-0.1, -0.05) is 42.5 Å². The number of hydrogen-bond acceptors (Lipinski definition) is 4. The fourth-order valence-corrected chi connectivity index (χ4v) is 4.74. The smallest absolute Gasteiger partial charge is 0.238 e. The van der Waals surface area contributed by atoms with Crippen LogP contribution in [0.4, 0.5) is 5.69 Å². The van der Waals surface area contributed by atoms with E-state index in [4.69, 9.17) is 0 Å². The van der Waals surface area contributed by atoms with Crippen LogP contribution in [0, 0.1) is 0 Å². The van der Waals surface area contributed by atoms with E-state index in [9.17, 15) is 9.59 Å². The van der Waals surface area contributed by atoms with Gasteiger partial charge >= 0.3 is 0 Å². The zero-order valence-electron chi connectivity index (χ0n) is 18.3. The van der Waals surface area contributed by atoms with Crippen molar-refractivity contribution >= 4 is 17.5 Å². The molecule has 0 radical (unpaired) electrons. The molecular formula is C25H32N4O2. The Morgan fingerprint density at radius 1 is 1.00 bits per heavy atom. The quantitative estimate of drug-likeness (QED) is 0.754. The number of anilines is 1. The van der Waals surface area contributed by atoms with Gasteiger partial charge in [0.25, 0.3) is 0 Å². The summed E-state index contributed by atoms with van der Waals surface area (Å²) in [4.78, 5) is 29.8. The average Bonchev–Trinajstić information content (AvgIpc) is 2.80. The lowest BCUT2D eigenvalue weighted by atomic mass is 9.90. The van der Waals surface area contributed by atoms with Crippen molar-refractivity contribution < 1.29 is 9.59 Å². The predicted octanol–water partition coefficient (Wildman–Crippen LogP) is 2.44. The van der Waals surface area contributed by atoms with E-state index in [1.54, 1.807) is 7.05 Å². The van der Waals surface area contributed by atoms with E-state index >= 15 is 0 Å². The minimum absolute atomic E-state index is 0.0392. The van der Waals surface area contributed by atoms with Gasteiger partial charge in [-0.3, -0.25) is 19.4 Å². The highest BCUT2D eigenvalue weighted by molar-refractivity contribution is 5.94. The standard InChI is InChI=1S/C25H32N4O2/c1-26-25(31)23-17-28(16-19-8-3-2-4-9-19)14-15-29(23)18-24(30)27-22-13-7-11-20-10-5-6-12-21(20)22/h2-4,7-9,11,13,23H,5-6,10,12,14-18H2,1H3,(H,26,31)(H,27,30). The molecule has 2 N–H and O–H groups in total. The van der Waals surface area contributed by atoms with Gasteiger partial charge in [0.05, 0.1) is 6.54 Å².